The lowest BCUT2D eigenvalue weighted by atomic mass is 10.1. The van der Waals surface area contributed by atoms with Crippen LogP contribution in [0.5, 0.6) is 0 Å². The Morgan fingerprint density at radius 1 is 1.16 bits per heavy atom. The van der Waals surface area contributed by atoms with Gasteiger partial charge in [0.25, 0.3) is 0 Å². The van der Waals surface area contributed by atoms with E-state index in [1.165, 1.54) is 6.07 Å². The first-order valence-electron chi connectivity index (χ1n) is 6.28. The van der Waals surface area contributed by atoms with Gasteiger partial charge in [0.1, 0.15) is 5.82 Å². The van der Waals surface area contributed by atoms with E-state index in [1.807, 2.05) is 18.2 Å². The average Bonchev–Trinajstić information content (AvgIpc) is 3.19. The van der Waals surface area contributed by atoms with Crippen molar-refractivity contribution in [2.24, 2.45) is 0 Å². The molecule has 0 aromatic heterocycles. The highest BCUT2D eigenvalue weighted by molar-refractivity contribution is 5.50. The zero-order chi connectivity index (χ0) is 13.2. The summed E-state index contributed by atoms with van der Waals surface area (Å²) >= 11 is 0. The van der Waals surface area contributed by atoms with Gasteiger partial charge in [-0.1, -0.05) is 12.1 Å². The lowest BCUT2D eigenvalue weighted by Crippen LogP contribution is -2.03. The SMILES string of the molecule is N#Cc1ccc(N[C@@H]2C[C@H]2c2cccc(F)c2)cc1. The van der Waals surface area contributed by atoms with Gasteiger partial charge >= 0.3 is 0 Å². The maximum absolute atomic E-state index is 13.1. The number of hydrogen-bond acceptors (Lipinski definition) is 2. The number of nitriles is 1. The number of benzene rings is 2. The summed E-state index contributed by atoms with van der Waals surface area (Å²) < 4.78 is 13.1. The van der Waals surface area contributed by atoms with Crippen molar-refractivity contribution in [1.82, 2.24) is 0 Å². The summed E-state index contributed by atoms with van der Waals surface area (Å²) in [4.78, 5) is 0. The van der Waals surface area contributed by atoms with Crippen LogP contribution in [0, 0.1) is 17.1 Å². The molecule has 0 unspecified atom stereocenters. The number of nitrogens with one attached hydrogen (secondary N) is 1. The summed E-state index contributed by atoms with van der Waals surface area (Å²) in [7, 11) is 0. The molecular formula is C16H13FN2. The highest BCUT2D eigenvalue weighted by atomic mass is 19.1. The van der Waals surface area contributed by atoms with Crippen LogP contribution in [0.3, 0.4) is 0 Å². The predicted molar refractivity (Wildman–Crippen MR) is 72.3 cm³/mol. The van der Waals surface area contributed by atoms with Gasteiger partial charge in [-0.25, -0.2) is 4.39 Å². The van der Waals surface area contributed by atoms with Crippen molar-refractivity contribution in [2.75, 3.05) is 5.32 Å². The van der Waals surface area contributed by atoms with Gasteiger partial charge in [-0.05, 0) is 48.4 Å². The van der Waals surface area contributed by atoms with Crippen molar-refractivity contribution in [2.45, 2.75) is 18.4 Å². The summed E-state index contributed by atoms with van der Waals surface area (Å²) in [5, 5.41) is 12.1. The Balaban J connectivity index is 1.65. The second-order valence-corrected chi connectivity index (χ2v) is 4.84. The summed E-state index contributed by atoms with van der Waals surface area (Å²) in [5.74, 6) is 0.202. The highest BCUT2D eigenvalue weighted by Crippen LogP contribution is 2.42. The van der Waals surface area contributed by atoms with Crippen LogP contribution in [0.25, 0.3) is 0 Å². The summed E-state index contributed by atoms with van der Waals surface area (Å²) in [5.41, 5.74) is 2.71. The summed E-state index contributed by atoms with van der Waals surface area (Å²) in [6, 6.07) is 16.6. The van der Waals surface area contributed by atoms with Crippen LogP contribution >= 0.6 is 0 Å². The van der Waals surface area contributed by atoms with Gasteiger partial charge in [0, 0.05) is 17.6 Å². The zero-order valence-corrected chi connectivity index (χ0v) is 10.3. The van der Waals surface area contributed by atoms with Gasteiger partial charge in [0.15, 0.2) is 0 Å². The monoisotopic (exact) mass is 252 g/mol. The Morgan fingerprint density at radius 3 is 2.63 bits per heavy atom. The molecule has 0 saturated heterocycles. The minimum atomic E-state index is -0.179. The standard InChI is InChI=1S/C16H13FN2/c17-13-3-1-2-12(8-13)15-9-16(15)19-14-6-4-11(10-18)5-7-14/h1-8,15-16,19H,9H2/t15-,16+/m0/s1. The molecule has 2 aromatic carbocycles. The summed E-state index contributed by atoms with van der Waals surface area (Å²) in [6.07, 6.45) is 1.02. The van der Waals surface area contributed by atoms with Crippen LogP contribution in [0.15, 0.2) is 48.5 Å². The molecule has 1 aliphatic rings. The van der Waals surface area contributed by atoms with Gasteiger partial charge in [0.05, 0.1) is 11.6 Å². The molecule has 1 fully saturated rings. The van der Waals surface area contributed by atoms with E-state index in [2.05, 4.69) is 11.4 Å². The maximum Gasteiger partial charge on any atom is 0.123 e. The molecule has 2 atom stereocenters. The normalized spacial score (nSPS) is 20.6. The van der Waals surface area contributed by atoms with Crippen molar-refractivity contribution in [3.05, 3.63) is 65.5 Å². The molecular weight excluding hydrogens is 239 g/mol. The molecule has 0 aliphatic heterocycles. The third kappa shape index (κ3) is 2.58. The number of anilines is 1. The lowest BCUT2D eigenvalue weighted by Gasteiger charge is -2.06. The molecule has 19 heavy (non-hydrogen) atoms. The number of hydrogen-bond donors (Lipinski definition) is 1. The van der Waals surface area contributed by atoms with Gasteiger partial charge in [-0.15, -0.1) is 0 Å². The number of nitrogens with zero attached hydrogens (tertiary/aromatic N) is 1. The molecule has 1 saturated carbocycles. The first-order valence-corrected chi connectivity index (χ1v) is 6.28. The van der Waals surface area contributed by atoms with Crippen LogP contribution in [0.4, 0.5) is 10.1 Å². The summed E-state index contributed by atoms with van der Waals surface area (Å²) in [6.45, 7) is 0. The topological polar surface area (TPSA) is 35.8 Å². The van der Waals surface area contributed by atoms with E-state index in [4.69, 9.17) is 5.26 Å². The Morgan fingerprint density at radius 2 is 1.95 bits per heavy atom. The largest absolute Gasteiger partial charge is 0.382 e. The Labute approximate surface area is 111 Å². The van der Waals surface area contributed by atoms with Crippen LogP contribution in [-0.2, 0) is 0 Å². The zero-order valence-electron chi connectivity index (χ0n) is 10.3. The highest BCUT2D eigenvalue weighted by Gasteiger charge is 2.38. The molecule has 0 amide bonds. The minimum Gasteiger partial charge on any atom is -0.382 e. The van der Waals surface area contributed by atoms with Gasteiger partial charge < -0.3 is 5.32 Å². The second kappa shape index (κ2) is 4.74. The first-order chi connectivity index (χ1) is 9.26. The Kier molecular flexibility index (Phi) is 2.92. The van der Waals surface area contributed by atoms with Crippen molar-refractivity contribution >= 4 is 5.69 Å². The molecule has 94 valence electrons. The minimum absolute atomic E-state index is 0.179. The molecule has 1 N–H and O–H groups in total. The van der Waals surface area contributed by atoms with E-state index in [0.717, 1.165) is 17.7 Å². The molecule has 0 bridgehead atoms. The van der Waals surface area contributed by atoms with E-state index in [9.17, 15) is 4.39 Å². The molecule has 2 nitrogen and oxygen atoms in total. The number of halogens is 1. The van der Waals surface area contributed by atoms with Crippen LogP contribution in [0.2, 0.25) is 0 Å². The molecule has 0 spiro atoms. The van der Waals surface area contributed by atoms with Gasteiger partial charge in [0.2, 0.25) is 0 Å². The second-order valence-electron chi connectivity index (χ2n) is 4.84. The van der Waals surface area contributed by atoms with Crippen molar-refractivity contribution in [3.63, 3.8) is 0 Å². The van der Waals surface area contributed by atoms with E-state index in [1.54, 1.807) is 24.3 Å². The van der Waals surface area contributed by atoms with Crippen molar-refractivity contribution < 1.29 is 4.39 Å². The smallest absolute Gasteiger partial charge is 0.123 e. The third-order valence-electron chi connectivity index (χ3n) is 3.43. The molecule has 0 heterocycles. The molecule has 3 rings (SSSR count). The molecule has 0 radical (unpaired) electrons. The lowest BCUT2D eigenvalue weighted by molar-refractivity contribution is 0.625. The van der Waals surface area contributed by atoms with Gasteiger partial charge in [-0.2, -0.15) is 5.26 Å². The molecule has 1 aliphatic carbocycles. The molecule has 2 aromatic rings. The number of rotatable bonds is 3. The van der Waals surface area contributed by atoms with Crippen LogP contribution in [0.1, 0.15) is 23.5 Å². The van der Waals surface area contributed by atoms with E-state index < -0.39 is 0 Å². The van der Waals surface area contributed by atoms with E-state index in [0.29, 0.717) is 17.5 Å². The first kappa shape index (κ1) is 11.7. The predicted octanol–water partition coefficient (Wildman–Crippen LogP) is 3.67. The Hall–Kier alpha value is -2.34. The van der Waals surface area contributed by atoms with E-state index >= 15 is 0 Å². The van der Waals surface area contributed by atoms with Crippen molar-refractivity contribution in [3.8, 4) is 6.07 Å². The van der Waals surface area contributed by atoms with Crippen molar-refractivity contribution in [1.29, 1.82) is 5.26 Å². The van der Waals surface area contributed by atoms with Gasteiger partial charge in [-0.3, -0.25) is 0 Å². The quantitative estimate of drug-likeness (QED) is 0.904. The Bertz CT molecular complexity index is 628. The molecule has 3 heteroatoms. The third-order valence-corrected chi connectivity index (χ3v) is 3.43. The fraction of sp³-hybridized carbons (Fsp3) is 0.188. The fourth-order valence-electron chi connectivity index (χ4n) is 2.32. The van der Waals surface area contributed by atoms with E-state index in [-0.39, 0.29) is 5.82 Å². The van der Waals surface area contributed by atoms with Crippen LogP contribution < -0.4 is 5.32 Å². The maximum atomic E-state index is 13.1. The van der Waals surface area contributed by atoms with Crippen LogP contribution in [-0.4, -0.2) is 6.04 Å². The fourth-order valence-corrected chi connectivity index (χ4v) is 2.32. The average molecular weight is 252 g/mol.